The Labute approximate surface area is 126 Å². The molecule has 0 aliphatic carbocycles. The summed E-state index contributed by atoms with van der Waals surface area (Å²) in [4.78, 5) is 15.0. The molecule has 1 radical (unpaired) electrons. The van der Waals surface area contributed by atoms with Gasteiger partial charge in [-0.15, -0.1) is 0 Å². The van der Waals surface area contributed by atoms with Gasteiger partial charge in [-0.2, -0.15) is 0 Å². The lowest BCUT2D eigenvalue weighted by molar-refractivity contribution is -0.138. The number of aryl methyl sites for hydroxylation is 1. The Balaban J connectivity index is 1.78. The molecule has 2 aliphatic rings. The molecule has 1 aromatic rings. The van der Waals surface area contributed by atoms with Crippen molar-refractivity contribution < 1.29 is 4.79 Å². The lowest BCUT2D eigenvalue weighted by Crippen LogP contribution is -2.59. The van der Waals surface area contributed by atoms with Crippen molar-refractivity contribution in [2.24, 2.45) is 0 Å². The summed E-state index contributed by atoms with van der Waals surface area (Å²) < 4.78 is 0. The van der Waals surface area contributed by atoms with E-state index in [9.17, 15) is 4.79 Å². The first-order valence-corrected chi connectivity index (χ1v) is 7.93. The Morgan fingerprint density at radius 3 is 2.62 bits per heavy atom. The van der Waals surface area contributed by atoms with Gasteiger partial charge in [-0.05, 0) is 38.3 Å². The molecular formula is C17H24N3O. The van der Waals surface area contributed by atoms with Crippen LogP contribution in [0, 0.1) is 6.92 Å². The number of nitrogens with one attached hydrogen (secondary N) is 1. The lowest BCUT2D eigenvalue weighted by Gasteiger charge is -2.36. The van der Waals surface area contributed by atoms with Crippen molar-refractivity contribution in [1.29, 1.82) is 0 Å². The molecule has 3 rings (SSSR count). The van der Waals surface area contributed by atoms with Gasteiger partial charge in [-0.3, -0.25) is 4.79 Å². The number of amides is 1. The highest BCUT2D eigenvalue weighted by molar-refractivity contribution is 5.87. The maximum absolute atomic E-state index is 13.0. The van der Waals surface area contributed by atoms with Gasteiger partial charge in [-0.25, -0.2) is 5.32 Å². The summed E-state index contributed by atoms with van der Waals surface area (Å²) in [6, 6.07) is 8.55. The highest BCUT2D eigenvalue weighted by atomic mass is 16.2. The zero-order valence-electron chi connectivity index (χ0n) is 12.8. The third kappa shape index (κ3) is 3.11. The maximum Gasteiger partial charge on any atom is 0.243 e. The zero-order chi connectivity index (χ0) is 14.7. The molecule has 2 saturated heterocycles. The first kappa shape index (κ1) is 14.5. The molecule has 2 fully saturated rings. The second-order valence-electron chi connectivity index (χ2n) is 6.24. The fourth-order valence-corrected chi connectivity index (χ4v) is 3.38. The van der Waals surface area contributed by atoms with Gasteiger partial charge in [0.15, 0.2) is 0 Å². The molecule has 1 N–H and O–H groups in total. The Morgan fingerprint density at radius 2 is 2.00 bits per heavy atom. The number of carbonyl (C=O) groups excluding carboxylic acids is 1. The Kier molecular flexibility index (Phi) is 4.27. The summed E-state index contributed by atoms with van der Waals surface area (Å²) in [6.45, 7) is 6.15. The smallest absolute Gasteiger partial charge is 0.243 e. The quantitative estimate of drug-likeness (QED) is 0.904. The van der Waals surface area contributed by atoms with Crippen LogP contribution < -0.4 is 10.6 Å². The van der Waals surface area contributed by atoms with Gasteiger partial charge in [0.25, 0.3) is 0 Å². The molecule has 2 heterocycles. The van der Waals surface area contributed by atoms with Crippen LogP contribution in [0.5, 0.6) is 0 Å². The van der Waals surface area contributed by atoms with Gasteiger partial charge in [0.05, 0.1) is 0 Å². The van der Waals surface area contributed by atoms with E-state index in [0.717, 1.165) is 52.0 Å². The van der Waals surface area contributed by atoms with Gasteiger partial charge >= 0.3 is 0 Å². The van der Waals surface area contributed by atoms with Gasteiger partial charge in [0.1, 0.15) is 5.54 Å². The van der Waals surface area contributed by atoms with Crippen molar-refractivity contribution in [3.63, 3.8) is 0 Å². The molecule has 0 saturated carbocycles. The van der Waals surface area contributed by atoms with Crippen LogP contribution in [0.3, 0.4) is 0 Å². The summed E-state index contributed by atoms with van der Waals surface area (Å²) in [5.41, 5.74) is 2.10. The van der Waals surface area contributed by atoms with Gasteiger partial charge in [-0.1, -0.05) is 29.8 Å². The van der Waals surface area contributed by atoms with Crippen molar-refractivity contribution in [3.8, 4) is 0 Å². The first-order chi connectivity index (χ1) is 10.2. The molecule has 0 aromatic heterocycles. The van der Waals surface area contributed by atoms with Crippen LogP contribution in [-0.4, -0.2) is 49.1 Å². The van der Waals surface area contributed by atoms with Gasteiger partial charge in [0, 0.05) is 26.2 Å². The topological polar surface area (TPSA) is 46.4 Å². The third-order valence-corrected chi connectivity index (χ3v) is 4.62. The Bertz CT molecular complexity index is 485. The third-order valence-electron chi connectivity index (χ3n) is 4.62. The van der Waals surface area contributed by atoms with E-state index in [1.807, 2.05) is 4.90 Å². The van der Waals surface area contributed by atoms with Crippen LogP contribution in [0.4, 0.5) is 0 Å². The van der Waals surface area contributed by atoms with E-state index in [1.165, 1.54) is 11.1 Å². The number of piperazine rings is 1. The molecule has 1 amide bonds. The molecule has 1 atom stereocenters. The van der Waals surface area contributed by atoms with Crippen LogP contribution >= 0.6 is 0 Å². The van der Waals surface area contributed by atoms with Crippen LogP contribution in [0.2, 0.25) is 0 Å². The fraction of sp³-hybridized carbons (Fsp3) is 0.588. The molecule has 1 aromatic carbocycles. The van der Waals surface area contributed by atoms with E-state index >= 15 is 0 Å². The van der Waals surface area contributed by atoms with Crippen molar-refractivity contribution >= 4 is 5.91 Å². The second-order valence-corrected chi connectivity index (χ2v) is 6.24. The van der Waals surface area contributed by atoms with Crippen molar-refractivity contribution in [2.75, 3.05) is 32.7 Å². The molecule has 4 nitrogen and oxygen atoms in total. The number of rotatable bonds is 3. The van der Waals surface area contributed by atoms with Crippen LogP contribution in [0.25, 0.3) is 0 Å². The molecule has 2 aliphatic heterocycles. The number of benzene rings is 1. The van der Waals surface area contributed by atoms with E-state index in [2.05, 4.69) is 41.8 Å². The van der Waals surface area contributed by atoms with Crippen molar-refractivity contribution in [1.82, 2.24) is 15.5 Å². The summed E-state index contributed by atoms with van der Waals surface area (Å²) in [5.74, 6) is 0.274. The second kappa shape index (κ2) is 6.16. The number of hydrogen-bond donors (Lipinski definition) is 1. The summed E-state index contributed by atoms with van der Waals surface area (Å²) in [5, 5.41) is 7.85. The van der Waals surface area contributed by atoms with Crippen molar-refractivity contribution in [2.45, 2.75) is 31.7 Å². The van der Waals surface area contributed by atoms with E-state index < -0.39 is 5.54 Å². The Morgan fingerprint density at radius 1 is 1.29 bits per heavy atom. The molecule has 0 unspecified atom stereocenters. The fourth-order valence-electron chi connectivity index (χ4n) is 3.38. The largest absolute Gasteiger partial charge is 0.338 e. The highest BCUT2D eigenvalue weighted by Crippen LogP contribution is 2.27. The van der Waals surface area contributed by atoms with E-state index in [4.69, 9.17) is 0 Å². The highest BCUT2D eigenvalue weighted by Gasteiger charge is 2.43. The van der Waals surface area contributed by atoms with Gasteiger partial charge in [0.2, 0.25) is 5.91 Å². The van der Waals surface area contributed by atoms with Crippen molar-refractivity contribution in [3.05, 3.63) is 35.4 Å². The van der Waals surface area contributed by atoms with E-state index in [0.29, 0.717) is 0 Å². The Hall–Kier alpha value is -1.39. The normalized spacial score (nSPS) is 26.0. The molecule has 21 heavy (non-hydrogen) atoms. The van der Waals surface area contributed by atoms with Crippen LogP contribution in [0.15, 0.2) is 24.3 Å². The lowest BCUT2D eigenvalue weighted by atomic mass is 9.87. The average Bonchev–Trinajstić information content (AvgIpc) is 2.99. The molecule has 0 spiro atoms. The number of nitrogens with zero attached hydrogens (tertiary/aromatic N) is 2. The molecule has 113 valence electrons. The van der Waals surface area contributed by atoms with E-state index in [1.54, 1.807) is 0 Å². The predicted octanol–water partition coefficient (Wildman–Crippen LogP) is 1.11. The van der Waals surface area contributed by atoms with Crippen LogP contribution in [-0.2, 0) is 11.2 Å². The summed E-state index contributed by atoms with van der Waals surface area (Å²) in [6.07, 6.45) is 2.81. The van der Waals surface area contributed by atoms with E-state index in [-0.39, 0.29) is 5.91 Å². The minimum absolute atomic E-state index is 0.274. The molecule has 0 bridgehead atoms. The average molecular weight is 286 g/mol. The standard InChI is InChI=1S/C17H24N3O/c1-14-3-5-15(6-4-14)13-17(7-2-8-19-17)16(21)20-11-9-18-10-12-20/h3-6,19H,2,7-13H2,1H3/t17-/m1/s1. The zero-order valence-corrected chi connectivity index (χ0v) is 12.8. The molecule has 4 heteroatoms. The monoisotopic (exact) mass is 286 g/mol. The minimum Gasteiger partial charge on any atom is -0.338 e. The van der Waals surface area contributed by atoms with Crippen LogP contribution in [0.1, 0.15) is 24.0 Å². The number of carbonyl (C=O) groups is 1. The summed E-state index contributed by atoms with van der Waals surface area (Å²) in [7, 11) is 0. The maximum atomic E-state index is 13.0. The first-order valence-electron chi connectivity index (χ1n) is 7.93. The summed E-state index contributed by atoms with van der Waals surface area (Å²) >= 11 is 0. The van der Waals surface area contributed by atoms with Gasteiger partial charge < -0.3 is 10.2 Å². The SMILES string of the molecule is Cc1ccc(C[C@@]2(C(=O)N3CC[N]CC3)CCCN2)cc1. The molecular weight excluding hydrogens is 262 g/mol. The number of hydrogen-bond acceptors (Lipinski definition) is 2. The minimum atomic E-state index is -0.396. The predicted molar refractivity (Wildman–Crippen MR) is 83.3 cm³/mol.